The van der Waals surface area contributed by atoms with Gasteiger partial charge in [0.05, 0.1) is 150 Å². The first-order valence-electron chi connectivity index (χ1n) is 42.6. The molecule has 3 aromatic carbocycles. The quantitative estimate of drug-likeness (QED) is 0.00635. The number of ether oxygens (including phenoxy) is 1. The molecule has 0 heterocycles. The van der Waals surface area contributed by atoms with Gasteiger partial charge in [0.15, 0.2) is 5.96 Å². The normalized spacial score (nSPS) is 12.0. The highest BCUT2D eigenvalue weighted by atomic mass is 16.5. The van der Waals surface area contributed by atoms with Crippen LogP contribution < -0.4 is 71.6 Å². The Bertz CT molecular complexity index is 2380. The lowest BCUT2D eigenvalue weighted by Gasteiger charge is -2.25. The Morgan fingerprint density at radius 3 is 1.42 bits per heavy atom. The first-order chi connectivity index (χ1) is 54.5. The summed E-state index contributed by atoms with van der Waals surface area (Å²) in [4.78, 5) is 41.8. The fourth-order valence-electron chi connectivity index (χ4n) is 8.75. The van der Waals surface area contributed by atoms with Crippen LogP contribution in [-0.4, -0.2) is 312 Å². The highest BCUT2D eigenvalue weighted by molar-refractivity contribution is 5.89. The fraction of sp³-hybridized carbons (Fsp3) is 0.741. The number of Topliss-reactive ketones (excluding diaryl/α,β-unsaturated/α-hetero) is 2. The molecule has 0 aliphatic carbocycles. The van der Waals surface area contributed by atoms with Gasteiger partial charge in [0.2, 0.25) is 0 Å². The van der Waals surface area contributed by atoms with E-state index in [-0.39, 0.29) is 62.0 Å². The number of rotatable bonds is 47. The molecule has 0 bridgehead atoms. The monoisotopic (exact) mass is 1660 g/mol. The lowest BCUT2D eigenvalue weighted by molar-refractivity contribution is -0.896. The zero-order chi connectivity index (χ0) is 90.1. The summed E-state index contributed by atoms with van der Waals surface area (Å²) in [5.74, 6) is -0.119. The highest BCUT2D eigenvalue weighted by Crippen LogP contribution is 2.12. The molecule has 0 amide bonds. The molecule has 0 unspecified atom stereocenters. The Morgan fingerprint density at radius 1 is 0.583 bits per heavy atom. The number of nitrogens with two attached hydrogens (primary N) is 8. The molecule has 3 rings (SSSR count). The van der Waals surface area contributed by atoms with Gasteiger partial charge in [-0.2, -0.15) is 0 Å². The molecule has 0 spiro atoms. The standard InChI is InChI=1S/C17H21N.C13H20N2O2.C9H20O4.C7H16N4O.C7H16N2O.C7H17N.C5H13NO2.C5H14NO.C5H13NO.C4H11NO.C4H11N.C2H7NO/c1-3-9-16(10-4-1)11-7-8-14-18-15-17-12-5-2-6-13-17;1-3-15(4-2)9-10-17-13(16)11-5-7-12(14)8-6-11;1-3-5-7(11)9(13)8(12)6(10)4-2;1-5(12)6(8)3-2-4-11-7(9)10;1-6(10)7(9)4-2-3-5-8;1-4-7-8(5-2)6-3;1-2-5(6,3-7)4-8;1-6(2,3)4-5-7;1-2-3-6-4-5-7;1-5(2)3-4-6;1-3-5-4-2;3-1-2-4/h1-6,9-10,12-13,18H,7-8,11,14-15H2;5-8H,3-4,9-10,14H2,1-2H3;6-13H,3-5H2,1-2H3;6H,2-4,8H2,1H3,(H4,9,10,11);7H,2-5,8-9H2,1H3;4-7H2,1-3H3;7-8H,2-4,6H2,1H3;7H,4-5H2,1-3H3;6-7H,2-5H2,1H3;6H,3-4H2,1-2H3;5H,3-4H2,1-2H3;4H,1-3H2/q;;;;;;;+1;;;;/p+8/t;;6-,7+,8-,9-;6-;7-;;;;;;;/m..100......./s1. The van der Waals surface area contributed by atoms with Crippen LogP contribution in [-0.2, 0) is 27.3 Å². The highest BCUT2D eigenvalue weighted by Gasteiger charge is 2.29. The fourth-order valence-corrected chi connectivity index (χ4v) is 8.75. The summed E-state index contributed by atoms with van der Waals surface area (Å²) >= 11 is 0. The van der Waals surface area contributed by atoms with Crippen LogP contribution in [0.5, 0.6) is 0 Å². The maximum Gasteiger partial charge on any atom is 0.338 e. The largest absolute Gasteiger partial charge is 0.456 e. The molecule has 3 aromatic rings. The first-order valence-corrected chi connectivity index (χ1v) is 42.6. The number of aliphatic hydroxyl groups is 10. The number of nitrogens with one attached hydrogen (secondary N) is 2. The zero-order valence-corrected chi connectivity index (χ0v) is 76.1. The predicted molar refractivity (Wildman–Crippen MR) is 472 cm³/mol. The number of aryl methyl sites for hydroxylation is 1. The number of nitrogens with zero attached hydrogens (tertiary/aromatic N) is 3. The Kier molecular flexibility index (Phi) is 106. The third-order valence-corrected chi connectivity index (χ3v) is 17.0. The van der Waals surface area contributed by atoms with Gasteiger partial charge in [0.1, 0.15) is 75.3 Å². The van der Waals surface area contributed by atoms with Crippen LogP contribution in [0, 0.1) is 0 Å². The number of carbonyl (C=O) groups is 3. The van der Waals surface area contributed by atoms with Crippen molar-refractivity contribution in [1.82, 2.24) is 4.90 Å². The molecule has 30 nitrogen and oxygen atoms in total. The molecule has 0 aromatic heterocycles. The van der Waals surface area contributed by atoms with Crippen molar-refractivity contribution in [3.8, 4) is 0 Å². The molecule has 115 heavy (non-hydrogen) atoms. The topological polar surface area (TPSA) is 550 Å². The molecule has 0 saturated carbocycles. The number of ketones is 2. The number of aliphatic hydroxyl groups excluding tert-OH is 10. The number of esters is 1. The van der Waals surface area contributed by atoms with Crippen LogP contribution in [0.1, 0.15) is 195 Å². The number of quaternary nitrogens is 9. The summed E-state index contributed by atoms with van der Waals surface area (Å²) in [5, 5.41) is 93.8. The van der Waals surface area contributed by atoms with Crippen molar-refractivity contribution in [2.75, 3.05) is 192 Å². The van der Waals surface area contributed by atoms with Gasteiger partial charge in [-0.3, -0.25) is 14.6 Å². The molecule has 37 N–H and O–H groups in total. The van der Waals surface area contributed by atoms with E-state index in [1.165, 1.54) is 106 Å². The number of nitrogen functional groups attached to an aromatic ring is 1. The minimum Gasteiger partial charge on any atom is -0.456 e. The average Bonchev–Trinajstić information content (AvgIpc) is 0.911. The number of unbranched alkanes of at least 4 members (excludes halogenated alkanes) is 2. The second kappa shape index (κ2) is 95.8. The summed E-state index contributed by atoms with van der Waals surface area (Å²) in [6, 6.07) is 27.6. The second-order valence-electron chi connectivity index (χ2n) is 29.1. The van der Waals surface area contributed by atoms with E-state index in [2.05, 4.69) is 180 Å². The number of benzene rings is 3. The molecule has 30 heteroatoms. The molecular weight excluding hydrogens is 1470 g/mol. The average molecular weight is 1660 g/mol. The van der Waals surface area contributed by atoms with Crippen molar-refractivity contribution in [3.63, 3.8) is 0 Å². The van der Waals surface area contributed by atoms with Crippen molar-refractivity contribution in [1.29, 1.82) is 0 Å². The van der Waals surface area contributed by atoms with Crippen molar-refractivity contribution in [2.45, 2.75) is 228 Å². The third kappa shape index (κ3) is 101. The van der Waals surface area contributed by atoms with E-state index in [0.29, 0.717) is 69.8 Å². The van der Waals surface area contributed by atoms with Gasteiger partial charge in [0.25, 0.3) is 0 Å². The Labute approximate surface area is 698 Å². The minimum atomic E-state index is -1.26. The van der Waals surface area contributed by atoms with Crippen LogP contribution in [0.25, 0.3) is 0 Å². The van der Waals surface area contributed by atoms with E-state index in [1.54, 1.807) is 31.2 Å². The van der Waals surface area contributed by atoms with Crippen LogP contribution in [0.4, 0.5) is 5.69 Å². The Balaban J connectivity index is -0.000000156. The van der Waals surface area contributed by atoms with Crippen molar-refractivity contribution < 1.29 is 118 Å². The molecule has 0 fully saturated rings. The second-order valence-corrected chi connectivity index (χ2v) is 29.1. The van der Waals surface area contributed by atoms with Gasteiger partial charge >= 0.3 is 5.97 Å². The maximum atomic E-state index is 11.6. The van der Waals surface area contributed by atoms with Crippen molar-refractivity contribution in [2.24, 2.45) is 27.9 Å². The number of guanidine groups is 1. The molecule has 682 valence electrons. The first kappa shape index (κ1) is 128. The maximum absolute atomic E-state index is 11.6. The van der Waals surface area contributed by atoms with E-state index in [0.717, 1.165) is 95.5 Å². The molecular formula is C85H187N16O14+9. The van der Waals surface area contributed by atoms with Crippen molar-refractivity contribution >= 4 is 29.2 Å². The lowest BCUT2D eigenvalue weighted by Crippen LogP contribution is -3.11. The summed E-state index contributed by atoms with van der Waals surface area (Å²) < 4.78 is 6.05. The van der Waals surface area contributed by atoms with Crippen LogP contribution in [0.15, 0.2) is 89.9 Å². The molecule has 0 saturated heterocycles. The minimum absolute atomic E-state index is 0.000278. The molecule has 0 aliphatic heterocycles. The number of hydrogen-bond acceptors (Lipinski definition) is 19. The van der Waals surface area contributed by atoms with Crippen LogP contribution in [0.2, 0.25) is 0 Å². The Morgan fingerprint density at radius 2 is 1.09 bits per heavy atom. The summed E-state index contributed by atoms with van der Waals surface area (Å²) in [7, 11) is 10.2. The number of hydrogen-bond donors (Lipinski definition) is 23. The SMILES string of the molecule is CC(=O)[C@@H](N)CCCC[NH3+].CC(=O)[C@@H](N)CCCN=C(N)N.CCC([NH3+])(CO)CO.CCCN(CC)CC.CCC[C@H](O)[C@@H](O)[C@H](O)[C@H](O)CC.CCC[NH2+]CCO.CC[NH+](CC)CCOC(=O)c1ccc(N)cc1.CC[NH2+]CC.C[N+](C)(C)CCO.C[NH+](C)CCO.[NH3+]CCO.c1ccc(CCCC[NH2+]Cc2ccccc2)cc1. The van der Waals surface area contributed by atoms with Crippen LogP contribution in [0.3, 0.4) is 0 Å². The number of carbonyl (C=O) groups excluding carboxylic acids is 3. The van der Waals surface area contributed by atoms with E-state index >= 15 is 0 Å². The number of aliphatic imine (C=N–C) groups is 1. The summed E-state index contributed by atoms with van der Waals surface area (Å²) in [6.07, 6.45) is 8.31. The van der Waals surface area contributed by atoms with E-state index in [1.807, 2.05) is 27.9 Å². The van der Waals surface area contributed by atoms with Gasteiger partial charge in [-0.15, -0.1) is 0 Å². The summed E-state index contributed by atoms with van der Waals surface area (Å²) in [5.41, 5.74) is 40.9. The van der Waals surface area contributed by atoms with Crippen molar-refractivity contribution in [3.05, 3.63) is 102 Å². The number of anilines is 1. The number of likely N-dealkylation sites (N-methyl/N-ethyl adjacent to an activating group) is 3. The molecule has 6 atom stereocenters. The molecule has 0 radical (unpaired) electrons. The predicted octanol–water partition coefficient (Wildman–Crippen LogP) is -4.30. The van der Waals surface area contributed by atoms with E-state index < -0.39 is 30.0 Å². The van der Waals surface area contributed by atoms with Gasteiger partial charge < -0.3 is 137 Å². The Hall–Kier alpha value is -5.34. The summed E-state index contributed by atoms with van der Waals surface area (Å²) in [6.45, 7) is 44.4. The van der Waals surface area contributed by atoms with Gasteiger partial charge in [-0.1, -0.05) is 116 Å². The van der Waals surface area contributed by atoms with Gasteiger partial charge in [0, 0.05) is 24.2 Å². The third-order valence-electron chi connectivity index (χ3n) is 17.0. The van der Waals surface area contributed by atoms with E-state index in [4.69, 9.17) is 64.0 Å². The van der Waals surface area contributed by atoms with Gasteiger partial charge in [-0.05, 0) is 168 Å². The smallest absolute Gasteiger partial charge is 0.338 e. The zero-order valence-electron chi connectivity index (χ0n) is 76.1. The van der Waals surface area contributed by atoms with Gasteiger partial charge in [-0.25, -0.2) is 4.79 Å². The van der Waals surface area contributed by atoms with Crippen LogP contribution >= 0.6 is 0 Å². The lowest BCUT2D eigenvalue weighted by atomic mass is 9.99. The molecule has 0 aliphatic rings. The van der Waals surface area contributed by atoms with E-state index in [9.17, 15) is 34.8 Å².